The average Bonchev–Trinajstić information content (AvgIpc) is 2.64. The molecule has 0 spiro atoms. The molecule has 0 aromatic heterocycles. The number of hydrogen-bond acceptors (Lipinski definition) is 1. The van der Waals surface area contributed by atoms with E-state index in [4.69, 9.17) is 5.11 Å². The standard InChI is InChI=1S/C13H14O2/c14-13(15)6-1-3-10-7-8-11-4-2-5-12(11)9-10/h1,6-9H,2-5H2,(H,14,15)/b6-1+. The van der Waals surface area contributed by atoms with Crippen molar-refractivity contribution in [2.75, 3.05) is 0 Å². The predicted octanol–water partition coefficient (Wildman–Crippen LogP) is 2.36. The van der Waals surface area contributed by atoms with Gasteiger partial charge >= 0.3 is 5.97 Å². The van der Waals surface area contributed by atoms with Gasteiger partial charge in [-0.3, -0.25) is 0 Å². The van der Waals surface area contributed by atoms with Crippen molar-refractivity contribution < 1.29 is 9.90 Å². The molecule has 0 fully saturated rings. The van der Waals surface area contributed by atoms with Crippen LogP contribution in [-0.2, 0) is 24.1 Å². The molecule has 0 atom stereocenters. The van der Waals surface area contributed by atoms with Crippen molar-refractivity contribution in [1.82, 2.24) is 0 Å². The van der Waals surface area contributed by atoms with E-state index in [9.17, 15) is 4.79 Å². The van der Waals surface area contributed by atoms with Gasteiger partial charge in [-0.05, 0) is 42.4 Å². The summed E-state index contributed by atoms with van der Waals surface area (Å²) in [6, 6.07) is 6.47. The fourth-order valence-electron chi connectivity index (χ4n) is 2.05. The summed E-state index contributed by atoms with van der Waals surface area (Å²) in [6.07, 6.45) is 7.22. The Labute approximate surface area is 89.2 Å². The molecule has 0 saturated carbocycles. The van der Waals surface area contributed by atoms with Crippen LogP contribution in [0.3, 0.4) is 0 Å². The zero-order valence-electron chi connectivity index (χ0n) is 8.57. The topological polar surface area (TPSA) is 37.3 Å². The molecule has 1 aliphatic carbocycles. The summed E-state index contributed by atoms with van der Waals surface area (Å²) in [4.78, 5) is 10.3. The summed E-state index contributed by atoms with van der Waals surface area (Å²) in [5.41, 5.74) is 4.10. The molecule has 0 amide bonds. The zero-order valence-corrected chi connectivity index (χ0v) is 8.57. The van der Waals surface area contributed by atoms with E-state index in [2.05, 4.69) is 18.2 Å². The fraction of sp³-hybridized carbons (Fsp3) is 0.308. The van der Waals surface area contributed by atoms with Crippen LogP contribution in [0.2, 0.25) is 0 Å². The van der Waals surface area contributed by atoms with Crippen LogP contribution in [0.1, 0.15) is 23.1 Å². The second-order valence-corrected chi connectivity index (χ2v) is 3.90. The first kappa shape index (κ1) is 9.97. The van der Waals surface area contributed by atoms with Crippen LogP contribution in [0.15, 0.2) is 30.4 Å². The van der Waals surface area contributed by atoms with Crippen LogP contribution in [-0.4, -0.2) is 11.1 Å². The SMILES string of the molecule is O=C(O)/C=C/Cc1ccc2c(c1)CCC2. The van der Waals surface area contributed by atoms with Crippen molar-refractivity contribution in [2.24, 2.45) is 0 Å². The molecular weight excluding hydrogens is 188 g/mol. The third-order valence-corrected chi connectivity index (χ3v) is 2.78. The Bertz CT molecular complexity index is 405. The molecule has 1 aromatic rings. The molecule has 1 N–H and O–H groups in total. The van der Waals surface area contributed by atoms with Crippen molar-refractivity contribution in [1.29, 1.82) is 0 Å². The lowest BCUT2D eigenvalue weighted by Gasteiger charge is -2.01. The Hall–Kier alpha value is -1.57. The van der Waals surface area contributed by atoms with Gasteiger partial charge in [-0.1, -0.05) is 24.3 Å². The number of rotatable bonds is 3. The number of benzene rings is 1. The van der Waals surface area contributed by atoms with E-state index in [1.54, 1.807) is 6.08 Å². The van der Waals surface area contributed by atoms with E-state index in [0.717, 1.165) is 0 Å². The van der Waals surface area contributed by atoms with Crippen molar-refractivity contribution in [2.45, 2.75) is 25.7 Å². The van der Waals surface area contributed by atoms with E-state index >= 15 is 0 Å². The van der Waals surface area contributed by atoms with E-state index in [1.807, 2.05) is 0 Å². The summed E-state index contributed by atoms with van der Waals surface area (Å²) >= 11 is 0. The van der Waals surface area contributed by atoms with Crippen LogP contribution in [0, 0.1) is 0 Å². The third-order valence-electron chi connectivity index (χ3n) is 2.78. The Morgan fingerprint density at radius 3 is 2.93 bits per heavy atom. The largest absolute Gasteiger partial charge is 0.478 e. The molecule has 2 heteroatoms. The van der Waals surface area contributed by atoms with Gasteiger partial charge in [0.2, 0.25) is 0 Å². The molecule has 0 aliphatic heterocycles. The summed E-state index contributed by atoms with van der Waals surface area (Å²) in [6.45, 7) is 0. The summed E-state index contributed by atoms with van der Waals surface area (Å²) in [5, 5.41) is 8.46. The van der Waals surface area contributed by atoms with Gasteiger partial charge in [-0.25, -0.2) is 4.79 Å². The average molecular weight is 202 g/mol. The second kappa shape index (κ2) is 4.30. The summed E-state index contributed by atoms with van der Waals surface area (Å²) in [7, 11) is 0. The summed E-state index contributed by atoms with van der Waals surface area (Å²) < 4.78 is 0. The van der Waals surface area contributed by atoms with E-state index < -0.39 is 5.97 Å². The maximum absolute atomic E-state index is 10.3. The number of carbonyl (C=O) groups is 1. The van der Waals surface area contributed by atoms with E-state index in [1.165, 1.54) is 42.0 Å². The fourth-order valence-corrected chi connectivity index (χ4v) is 2.05. The molecule has 0 unspecified atom stereocenters. The number of carboxylic acids is 1. The van der Waals surface area contributed by atoms with Crippen molar-refractivity contribution in [3.63, 3.8) is 0 Å². The van der Waals surface area contributed by atoms with Gasteiger partial charge < -0.3 is 5.11 Å². The van der Waals surface area contributed by atoms with Gasteiger partial charge in [-0.2, -0.15) is 0 Å². The van der Waals surface area contributed by atoms with Crippen LogP contribution < -0.4 is 0 Å². The number of allylic oxidation sites excluding steroid dienone is 1. The monoisotopic (exact) mass is 202 g/mol. The van der Waals surface area contributed by atoms with Gasteiger partial charge in [-0.15, -0.1) is 0 Å². The molecule has 0 radical (unpaired) electrons. The Morgan fingerprint density at radius 2 is 2.13 bits per heavy atom. The van der Waals surface area contributed by atoms with E-state index in [0.29, 0.717) is 6.42 Å². The van der Waals surface area contributed by atoms with Crippen molar-refractivity contribution >= 4 is 5.97 Å². The molecule has 15 heavy (non-hydrogen) atoms. The number of aliphatic carboxylic acids is 1. The molecule has 1 aliphatic rings. The molecule has 2 nitrogen and oxygen atoms in total. The van der Waals surface area contributed by atoms with Gasteiger partial charge in [0.15, 0.2) is 0 Å². The smallest absolute Gasteiger partial charge is 0.327 e. The quantitative estimate of drug-likeness (QED) is 0.764. The molecule has 0 bridgehead atoms. The van der Waals surface area contributed by atoms with Crippen LogP contribution in [0.5, 0.6) is 0 Å². The highest BCUT2D eigenvalue weighted by Gasteiger charge is 2.09. The van der Waals surface area contributed by atoms with Gasteiger partial charge in [0.05, 0.1) is 0 Å². The Balaban J connectivity index is 2.07. The lowest BCUT2D eigenvalue weighted by Crippen LogP contribution is -1.89. The lowest BCUT2D eigenvalue weighted by atomic mass is 10.0. The number of carboxylic acid groups (broad SMARTS) is 1. The van der Waals surface area contributed by atoms with Crippen LogP contribution >= 0.6 is 0 Å². The molecule has 2 rings (SSSR count). The molecule has 1 aromatic carbocycles. The predicted molar refractivity (Wildman–Crippen MR) is 58.9 cm³/mol. The maximum atomic E-state index is 10.3. The highest BCUT2D eigenvalue weighted by atomic mass is 16.4. The first-order valence-electron chi connectivity index (χ1n) is 5.26. The minimum atomic E-state index is -0.879. The van der Waals surface area contributed by atoms with Gasteiger partial charge in [0.1, 0.15) is 0 Å². The van der Waals surface area contributed by atoms with Crippen LogP contribution in [0.25, 0.3) is 0 Å². The van der Waals surface area contributed by atoms with E-state index in [-0.39, 0.29) is 0 Å². The minimum absolute atomic E-state index is 0.708. The number of hydrogen-bond donors (Lipinski definition) is 1. The first-order chi connectivity index (χ1) is 7.25. The number of aryl methyl sites for hydroxylation is 2. The van der Waals surface area contributed by atoms with Gasteiger partial charge in [0.25, 0.3) is 0 Å². The maximum Gasteiger partial charge on any atom is 0.327 e. The normalized spacial score (nSPS) is 14.4. The molecular formula is C13H14O2. The molecule has 0 heterocycles. The Kier molecular flexibility index (Phi) is 2.86. The third kappa shape index (κ3) is 2.46. The highest BCUT2D eigenvalue weighted by molar-refractivity contribution is 5.79. The second-order valence-electron chi connectivity index (χ2n) is 3.90. The summed E-state index contributed by atoms with van der Waals surface area (Å²) in [5.74, 6) is -0.879. The van der Waals surface area contributed by atoms with Gasteiger partial charge in [0, 0.05) is 6.08 Å². The highest BCUT2D eigenvalue weighted by Crippen LogP contribution is 2.22. The number of fused-ring (bicyclic) bond motifs is 1. The zero-order chi connectivity index (χ0) is 10.7. The Morgan fingerprint density at radius 1 is 1.33 bits per heavy atom. The lowest BCUT2D eigenvalue weighted by molar-refractivity contribution is -0.131. The minimum Gasteiger partial charge on any atom is -0.478 e. The molecule has 0 saturated heterocycles. The van der Waals surface area contributed by atoms with Crippen molar-refractivity contribution in [3.05, 3.63) is 47.0 Å². The molecule has 78 valence electrons. The first-order valence-corrected chi connectivity index (χ1v) is 5.26. The van der Waals surface area contributed by atoms with Crippen LogP contribution in [0.4, 0.5) is 0 Å². The van der Waals surface area contributed by atoms with Crippen molar-refractivity contribution in [3.8, 4) is 0 Å².